The summed E-state index contributed by atoms with van der Waals surface area (Å²) in [6, 6.07) is 15.6. The van der Waals surface area contributed by atoms with E-state index in [2.05, 4.69) is 0 Å². The number of hydrogen-bond donors (Lipinski definition) is 0. The average Bonchev–Trinajstić information content (AvgIpc) is 2.70. The van der Waals surface area contributed by atoms with Crippen LogP contribution in [0.25, 0.3) is 0 Å². The number of benzene rings is 2. The molecule has 0 N–H and O–H groups in total. The summed E-state index contributed by atoms with van der Waals surface area (Å²) in [5.41, 5.74) is 2.57. The third-order valence-corrected chi connectivity index (χ3v) is 4.39. The minimum atomic E-state index is -0.660. The molecule has 132 valence electrons. The van der Waals surface area contributed by atoms with Crippen LogP contribution < -0.4 is 4.74 Å². The largest absolute Gasteiger partial charge is 0.484 e. The summed E-state index contributed by atoms with van der Waals surface area (Å²) in [7, 11) is 1.32. The summed E-state index contributed by atoms with van der Waals surface area (Å²) < 4.78 is 10.4. The Kier molecular flexibility index (Phi) is 5.18. The summed E-state index contributed by atoms with van der Waals surface area (Å²) in [6.07, 6.45) is 0.422. The number of fused-ring (bicyclic) bond motifs is 1. The van der Waals surface area contributed by atoms with Crippen molar-refractivity contribution in [1.29, 1.82) is 5.26 Å². The lowest BCUT2D eigenvalue weighted by Gasteiger charge is -2.35. The van der Waals surface area contributed by atoms with Crippen molar-refractivity contribution in [2.24, 2.45) is 0 Å². The van der Waals surface area contributed by atoms with Crippen LogP contribution in [0.4, 0.5) is 0 Å². The molecule has 0 aliphatic carbocycles. The monoisotopic (exact) mass is 350 g/mol. The smallest absolute Gasteiger partial charge is 0.328 e. The van der Waals surface area contributed by atoms with Crippen molar-refractivity contribution < 1.29 is 19.1 Å². The van der Waals surface area contributed by atoms with Crippen LogP contribution in [0.1, 0.15) is 16.7 Å². The van der Waals surface area contributed by atoms with Gasteiger partial charge in [-0.1, -0.05) is 24.3 Å². The third-order valence-electron chi connectivity index (χ3n) is 4.39. The summed E-state index contributed by atoms with van der Waals surface area (Å²) in [6.45, 7) is 0.146. The number of methoxy groups -OCH3 is 1. The highest BCUT2D eigenvalue weighted by molar-refractivity contribution is 5.86. The van der Waals surface area contributed by atoms with Crippen molar-refractivity contribution in [3.05, 3.63) is 65.2 Å². The van der Waals surface area contributed by atoms with Crippen molar-refractivity contribution >= 4 is 11.9 Å². The predicted molar refractivity (Wildman–Crippen MR) is 93.2 cm³/mol. The number of rotatable bonds is 4. The van der Waals surface area contributed by atoms with Crippen molar-refractivity contribution in [3.63, 3.8) is 0 Å². The van der Waals surface area contributed by atoms with Gasteiger partial charge in [-0.25, -0.2) is 4.79 Å². The molecule has 0 saturated carbocycles. The standard InChI is InChI=1S/C20H18N2O4/c1-25-20(24)18-10-15-4-2-3-5-16(15)12-22(18)19(23)13-26-17-8-6-14(11-21)7-9-17/h2-9,18H,10,12-13H2,1H3/t18-/m0/s1. The average molecular weight is 350 g/mol. The zero-order chi connectivity index (χ0) is 18.5. The molecular weight excluding hydrogens is 332 g/mol. The van der Waals surface area contributed by atoms with Gasteiger partial charge in [-0.15, -0.1) is 0 Å². The second kappa shape index (κ2) is 7.70. The molecule has 26 heavy (non-hydrogen) atoms. The molecule has 6 nitrogen and oxygen atoms in total. The van der Waals surface area contributed by atoms with E-state index in [4.69, 9.17) is 14.7 Å². The maximum Gasteiger partial charge on any atom is 0.328 e. The van der Waals surface area contributed by atoms with Gasteiger partial charge in [-0.05, 0) is 35.4 Å². The van der Waals surface area contributed by atoms with Gasteiger partial charge >= 0.3 is 5.97 Å². The van der Waals surface area contributed by atoms with E-state index in [0.29, 0.717) is 24.3 Å². The summed E-state index contributed by atoms with van der Waals surface area (Å²) >= 11 is 0. The van der Waals surface area contributed by atoms with Crippen LogP contribution in [0.5, 0.6) is 5.75 Å². The molecule has 2 aromatic rings. The lowest BCUT2D eigenvalue weighted by atomic mass is 9.94. The maximum atomic E-state index is 12.7. The van der Waals surface area contributed by atoms with Crippen molar-refractivity contribution in [2.45, 2.75) is 19.0 Å². The first-order chi connectivity index (χ1) is 12.6. The van der Waals surface area contributed by atoms with Gasteiger partial charge in [0.05, 0.1) is 18.7 Å². The molecule has 1 aliphatic heterocycles. The second-order valence-electron chi connectivity index (χ2n) is 5.96. The lowest BCUT2D eigenvalue weighted by Crippen LogP contribution is -2.50. The molecule has 1 atom stereocenters. The molecule has 1 aliphatic rings. The van der Waals surface area contributed by atoms with E-state index in [1.807, 2.05) is 30.3 Å². The predicted octanol–water partition coefficient (Wildman–Crippen LogP) is 2.06. The van der Waals surface area contributed by atoms with Crippen LogP contribution in [0.3, 0.4) is 0 Å². The zero-order valence-electron chi connectivity index (χ0n) is 14.3. The van der Waals surface area contributed by atoms with Gasteiger partial charge in [0.15, 0.2) is 6.61 Å². The molecule has 0 fully saturated rings. The van der Waals surface area contributed by atoms with E-state index in [9.17, 15) is 9.59 Å². The summed E-state index contributed by atoms with van der Waals surface area (Å²) in [5.74, 6) is -0.241. The number of hydrogen-bond acceptors (Lipinski definition) is 5. The van der Waals surface area contributed by atoms with E-state index in [1.165, 1.54) is 12.0 Å². The fourth-order valence-corrected chi connectivity index (χ4v) is 2.99. The van der Waals surface area contributed by atoms with Crippen molar-refractivity contribution in [3.8, 4) is 11.8 Å². The number of carbonyl (C=O) groups excluding carboxylic acids is 2. The van der Waals surface area contributed by atoms with E-state index < -0.39 is 12.0 Å². The van der Waals surface area contributed by atoms with Crippen LogP contribution in [-0.2, 0) is 27.3 Å². The molecule has 0 saturated heterocycles. The molecule has 0 radical (unpaired) electrons. The molecule has 0 aromatic heterocycles. The van der Waals surface area contributed by atoms with Crippen LogP contribution in [0.15, 0.2) is 48.5 Å². The van der Waals surface area contributed by atoms with Gasteiger partial charge < -0.3 is 14.4 Å². The summed E-state index contributed by atoms with van der Waals surface area (Å²) in [4.78, 5) is 26.3. The normalized spacial score (nSPS) is 15.5. The highest BCUT2D eigenvalue weighted by Gasteiger charge is 2.35. The van der Waals surface area contributed by atoms with Crippen LogP contribution in [0, 0.1) is 11.3 Å². The molecule has 3 rings (SSSR count). The Labute approximate surface area is 151 Å². The minimum absolute atomic E-state index is 0.193. The van der Waals surface area contributed by atoms with Crippen molar-refractivity contribution in [1.82, 2.24) is 4.90 Å². The first kappa shape index (κ1) is 17.5. The maximum absolute atomic E-state index is 12.7. The molecule has 0 spiro atoms. The zero-order valence-corrected chi connectivity index (χ0v) is 14.3. The Morgan fingerprint density at radius 3 is 2.50 bits per heavy atom. The van der Waals surface area contributed by atoms with Crippen LogP contribution >= 0.6 is 0 Å². The Bertz CT molecular complexity index is 855. The SMILES string of the molecule is COC(=O)[C@@H]1Cc2ccccc2CN1C(=O)COc1ccc(C#N)cc1. The van der Waals surface area contributed by atoms with Gasteiger partial charge in [0.1, 0.15) is 11.8 Å². The molecule has 1 heterocycles. The Hall–Kier alpha value is -3.33. The van der Waals surface area contributed by atoms with E-state index in [1.54, 1.807) is 24.3 Å². The van der Waals surface area contributed by atoms with Gasteiger partial charge in [0.25, 0.3) is 5.91 Å². The van der Waals surface area contributed by atoms with Crippen LogP contribution in [0.2, 0.25) is 0 Å². The van der Waals surface area contributed by atoms with Gasteiger partial charge in [-0.2, -0.15) is 5.26 Å². The highest BCUT2D eigenvalue weighted by Crippen LogP contribution is 2.24. The molecule has 6 heteroatoms. The molecule has 0 bridgehead atoms. The quantitative estimate of drug-likeness (QED) is 0.789. The fraction of sp³-hybridized carbons (Fsp3) is 0.250. The fourth-order valence-electron chi connectivity index (χ4n) is 2.99. The second-order valence-corrected chi connectivity index (χ2v) is 5.96. The summed E-state index contributed by atoms with van der Waals surface area (Å²) in [5, 5.41) is 8.81. The van der Waals surface area contributed by atoms with E-state index in [-0.39, 0.29) is 12.5 Å². The number of ether oxygens (including phenoxy) is 2. The van der Waals surface area contributed by atoms with E-state index >= 15 is 0 Å². The number of esters is 1. The van der Waals surface area contributed by atoms with Crippen molar-refractivity contribution in [2.75, 3.05) is 13.7 Å². The number of nitrogens with zero attached hydrogens (tertiary/aromatic N) is 2. The Morgan fingerprint density at radius 1 is 1.15 bits per heavy atom. The van der Waals surface area contributed by atoms with Crippen LogP contribution in [-0.4, -0.2) is 36.5 Å². The third kappa shape index (κ3) is 3.67. The Morgan fingerprint density at radius 2 is 1.85 bits per heavy atom. The topological polar surface area (TPSA) is 79.6 Å². The molecular formula is C20H18N2O4. The highest BCUT2D eigenvalue weighted by atomic mass is 16.5. The number of carbonyl (C=O) groups is 2. The Balaban J connectivity index is 1.73. The lowest BCUT2D eigenvalue weighted by molar-refractivity contribution is -0.154. The van der Waals surface area contributed by atoms with Gasteiger partial charge in [0, 0.05) is 13.0 Å². The van der Waals surface area contributed by atoms with Gasteiger partial charge in [-0.3, -0.25) is 4.79 Å². The number of amides is 1. The molecule has 1 amide bonds. The first-order valence-electron chi connectivity index (χ1n) is 8.19. The number of nitriles is 1. The minimum Gasteiger partial charge on any atom is -0.484 e. The molecule has 2 aromatic carbocycles. The molecule has 0 unspecified atom stereocenters. The van der Waals surface area contributed by atoms with E-state index in [0.717, 1.165) is 11.1 Å². The first-order valence-corrected chi connectivity index (χ1v) is 8.19. The van der Waals surface area contributed by atoms with Gasteiger partial charge in [0.2, 0.25) is 0 Å².